The number of hydrogen-bond acceptors (Lipinski definition) is 4. The van der Waals surface area contributed by atoms with Crippen LogP contribution in [0.15, 0.2) is 23.2 Å². The Balaban J connectivity index is 0.00000420. The normalized spacial score (nSPS) is 17.4. The molecule has 0 bridgehead atoms. The van der Waals surface area contributed by atoms with Crippen molar-refractivity contribution < 1.29 is 18.3 Å². The van der Waals surface area contributed by atoms with E-state index in [1.165, 1.54) is 26.0 Å². The van der Waals surface area contributed by atoms with Gasteiger partial charge in [-0.2, -0.15) is 8.78 Å². The molecule has 0 aromatic heterocycles. The summed E-state index contributed by atoms with van der Waals surface area (Å²) in [4.78, 5) is 6.75. The quantitative estimate of drug-likeness (QED) is 0.292. The molecular formula is C20H33F2IN4O2. The first-order valence-electron chi connectivity index (χ1n) is 9.73. The van der Waals surface area contributed by atoms with Crippen molar-refractivity contribution in [2.45, 2.75) is 45.9 Å². The van der Waals surface area contributed by atoms with E-state index in [9.17, 15) is 8.78 Å². The molecule has 166 valence electrons. The van der Waals surface area contributed by atoms with E-state index in [1.807, 2.05) is 0 Å². The summed E-state index contributed by atoms with van der Waals surface area (Å²) in [7, 11) is 3.23. The standard InChI is InChI=1S/C20H32F2N4O2.HI/c1-14(2)13-26-9-5-6-16(26)12-25-20(23-3)24-11-15-10-17(27-4)7-8-18(15)28-19(21)22;/h7-8,10,14,16,19H,5-6,9,11-13H2,1-4H3,(H2,23,24,25);1H/t16-;/m1./s1. The Labute approximate surface area is 189 Å². The van der Waals surface area contributed by atoms with Gasteiger partial charge in [0.1, 0.15) is 11.5 Å². The zero-order valence-electron chi connectivity index (χ0n) is 17.6. The zero-order chi connectivity index (χ0) is 20.5. The van der Waals surface area contributed by atoms with Crippen molar-refractivity contribution >= 4 is 29.9 Å². The fourth-order valence-electron chi connectivity index (χ4n) is 3.48. The smallest absolute Gasteiger partial charge is 0.387 e. The van der Waals surface area contributed by atoms with Gasteiger partial charge in [0.15, 0.2) is 5.96 Å². The van der Waals surface area contributed by atoms with Crippen LogP contribution in [0.1, 0.15) is 32.3 Å². The van der Waals surface area contributed by atoms with Gasteiger partial charge in [-0.15, -0.1) is 24.0 Å². The van der Waals surface area contributed by atoms with E-state index >= 15 is 0 Å². The number of ether oxygens (including phenoxy) is 2. The van der Waals surface area contributed by atoms with E-state index in [1.54, 1.807) is 19.2 Å². The molecule has 0 spiro atoms. The van der Waals surface area contributed by atoms with Gasteiger partial charge >= 0.3 is 6.61 Å². The molecule has 0 amide bonds. The molecular weight excluding hydrogens is 493 g/mol. The molecule has 9 heteroatoms. The highest BCUT2D eigenvalue weighted by molar-refractivity contribution is 14.0. The Bertz CT molecular complexity index is 647. The minimum absolute atomic E-state index is 0. The van der Waals surface area contributed by atoms with Gasteiger partial charge in [0.2, 0.25) is 0 Å². The largest absolute Gasteiger partial charge is 0.497 e. The number of alkyl halides is 2. The summed E-state index contributed by atoms with van der Waals surface area (Å²) in [5.41, 5.74) is 0.574. The van der Waals surface area contributed by atoms with Crippen molar-refractivity contribution in [2.24, 2.45) is 10.9 Å². The second kappa shape index (κ2) is 13.0. The Morgan fingerprint density at radius 1 is 1.31 bits per heavy atom. The van der Waals surface area contributed by atoms with Crippen LogP contribution in [0.5, 0.6) is 11.5 Å². The summed E-state index contributed by atoms with van der Waals surface area (Å²) >= 11 is 0. The molecule has 1 fully saturated rings. The van der Waals surface area contributed by atoms with E-state index in [0.29, 0.717) is 35.8 Å². The van der Waals surface area contributed by atoms with Crippen molar-refractivity contribution in [2.75, 3.05) is 33.8 Å². The lowest BCUT2D eigenvalue weighted by atomic mass is 10.1. The fraction of sp³-hybridized carbons (Fsp3) is 0.650. The van der Waals surface area contributed by atoms with Gasteiger partial charge in [-0.1, -0.05) is 13.8 Å². The number of methoxy groups -OCH3 is 1. The first kappa shape index (κ1) is 25.7. The lowest BCUT2D eigenvalue weighted by Gasteiger charge is -2.27. The SMILES string of the molecule is CN=C(NCc1cc(OC)ccc1OC(F)F)NC[C@H]1CCCN1CC(C)C.I. The molecule has 0 radical (unpaired) electrons. The summed E-state index contributed by atoms with van der Waals surface area (Å²) in [6.07, 6.45) is 2.38. The van der Waals surface area contributed by atoms with Crippen LogP contribution in [0.3, 0.4) is 0 Å². The number of guanidine groups is 1. The van der Waals surface area contributed by atoms with Crippen molar-refractivity contribution in [1.29, 1.82) is 0 Å². The third-order valence-electron chi connectivity index (χ3n) is 4.76. The van der Waals surface area contributed by atoms with Crippen molar-refractivity contribution in [1.82, 2.24) is 15.5 Å². The van der Waals surface area contributed by atoms with Gasteiger partial charge in [-0.3, -0.25) is 9.89 Å². The van der Waals surface area contributed by atoms with Crippen LogP contribution in [-0.4, -0.2) is 57.3 Å². The summed E-state index contributed by atoms with van der Waals surface area (Å²) in [5.74, 6) is 1.97. The maximum atomic E-state index is 12.7. The van der Waals surface area contributed by atoms with Gasteiger partial charge in [0.05, 0.1) is 7.11 Å². The lowest BCUT2D eigenvalue weighted by molar-refractivity contribution is -0.0504. The zero-order valence-corrected chi connectivity index (χ0v) is 19.9. The number of nitrogens with one attached hydrogen (secondary N) is 2. The maximum absolute atomic E-state index is 12.7. The number of hydrogen-bond donors (Lipinski definition) is 2. The molecule has 2 N–H and O–H groups in total. The van der Waals surface area contributed by atoms with Gasteiger partial charge < -0.3 is 20.1 Å². The summed E-state index contributed by atoms with van der Waals surface area (Å²) < 4.78 is 35.1. The monoisotopic (exact) mass is 526 g/mol. The third kappa shape index (κ3) is 8.49. The molecule has 1 aliphatic rings. The van der Waals surface area contributed by atoms with Crippen molar-refractivity contribution in [3.8, 4) is 11.5 Å². The Morgan fingerprint density at radius 3 is 2.69 bits per heavy atom. The van der Waals surface area contributed by atoms with E-state index in [2.05, 4.69) is 39.1 Å². The summed E-state index contributed by atoms with van der Waals surface area (Å²) in [6, 6.07) is 5.24. The number of rotatable bonds is 9. The third-order valence-corrected chi connectivity index (χ3v) is 4.76. The van der Waals surface area contributed by atoms with E-state index in [4.69, 9.17) is 4.74 Å². The van der Waals surface area contributed by atoms with Crippen molar-refractivity contribution in [3.05, 3.63) is 23.8 Å². The highest BCUT2D eigenvalue weighted by atomic mass is 127. The Morgan fingerprint density at radius 2 is 2.07 bits per heavy atom. The highest BCUT2D eigenvalue weighted by Crippen LogP contribution is 2.25. The minimum atomic E-state index is -2.88. The predicted molar refractivity (Wildman–Crippen MR) is 123 cm³/mol. The number of nitrogens with zero attached hydrogens (tertiary/aromatic N) is 2. The molecule has 1 heterocycles. The van der Waals surface area contributed by atoms with Crippen LogP contribution in [-0.2, 0) is 6.54 Å². The van der Waals surface area contributed by atoms with Crippen LogP contribution < -0.4 is 20.1 Å². The number of halogens is 3. The fourth-order valence-corrected chi connectivity index (χ4v) is 3.48. The van der Waals surface area contributed by atoms with Gasteiger partial charge in [0, 0.05) is 38.3 Å². The topological polar surface area (TPSA) is 58.1 Å². The Hall–Kier alpha value is -1.36. The van der Waals surface area contributed by atoms with Gasteiger partial charge in [0.25, 0.3) is 0 Å². The highest BCUT2D eigenvalue weighted by Gasteiger charge is 2.24. The molecule has 2 rings (SSSR count). The maximum Gasteiger partial charge on any atom is 0.387 e. The van der Waals surface area contributed by atoms with Crippen LogP contribution in [0, 0.1) is 5.92 Å². The molecule has 1 aromatic rings. The van der Waals surface area contributed by atoms with E-state index in [-0.39, 0.29) is 29.7 Å². The molecule has 0 saturated carbocycles. The average molecular weight is 526 g/mol. The van der Waals surface area contributed by atoms with E-state index in [0.717, 1.165) is 19.6 Å². The second-order valence-electron chi connectivity index (χ2n) is 7.34. The number of aliphatic imine (C=N–C) groups is 1. The predicted octanol–water partition coefficient (Wildman–Crippen LogP) is 3.70. The second-order valence-corrected chi connectivity index (χ2v) is 7.34. The van der Waals surface area contributed by atoms with Crippen molar-refractivity contribution in [3.63, 3.8) is 0 Å². The summed E-state index contributed by atoms with van der Waals surface area (Å²) in [6.45, 7) is 4.90. The van der Waals surface area contributed by atoms with Gasteiger partial charge in [-0.25, -0.2) is 0 Å². The van der Waals surface area contributed by atoms with E-state index < -0.39 is 6.61 Å². The molecule has 1 atom stereocenters. The minimum Gasteiger partial charge on any atom is -0.497 e. The number of likely N-dealkylation sites (tertiary alicyclic amines) is 1. The molecule has 1 saturated heterocycles. The molecule has 6 nitrogen and oxygen atoms in total. The molecule has 1 aliphatic heterocycles. The average Bonchev–Trinajstić information content (AvgIpc) is 3.08. The van der Waals surface area contributed by atoms with Gasteiger partial charge in [-0.05, 0) is 43.5 Å². The first-order chi connectivity index (χ1) is 13.4. The van der Waals surface area contributed by atoms with Crippen LogP contribution >= 0.6 is 24.0 Å². The first-order valence-corrected chi connectivity index (χ1v) is 9.73. The molecule has 0 unspecified atom stereocenters. The molecule has 1 aromatic carbocycles. The lowest BCUT2D eigenvalue weighted by Crippen LogP contribution is -2.45. The van der Waals surface area contributed by atoms with Crippen LogP contribution in [0.25, 0.3) is 0 Å². The molecule has 29 heavy (non-hydrogen) atoms. The summed E-state index contributed by atoms with van der Waals surface area (Å²) in [5, 5.41) is 6.52. The molecule has 0 aliphatic carbocycles. The van der Waals surface area contributed by atoms with Crippen LogP contribution in [0.4, 0.5) is 8.78 Å². The van der Waals surface area contributed by atoms with Crippen LogP contribution in [0.2, 0.25) is 0 Å². The number of benzene rings is 1. The Kier molecular flexibility index (Phi) is 11.6.